The van der Waals surface area contributed by atoms with Crippen LogP contribution in [0, 0.1) is 11.3 Å². The molecule has 17 heavy (non-hydrogen) atoms. The third kappa shape index (κ3) is 1.81. The van der Waals surface area contributed by atoms with Crippen LogP contribution < -0.4 is 15.2 Å². The first-order chi connectivity index (χ1) is 8.19. The number of rotatable bonds is 2. The summed E-state index contributed by atoms with van der Waals surface area (Å²) in [4.78, 5) is 4.17. The van der Waals surface area contributed by atoms with E-state index in [0.29, 0.717) is 33.8 Å². The highest BCUT2D eigenvalue weighted by Crippen LogP contribution is 2.33. The average Bonchev–Trinajstić information content (AvgIpc) is 2.35. The molecule has 5 nitrogen and oxygen atoms in total. The summed E-state index contributed by atoms with van der Waals surface area (Å²) < 4.78 is 10.4. The van der Waals surface area contributed by atoms with Crippen molar-refractivity contribution < 1.29 is 9.47 Å². The molecule has 0 amide bonds. The highest BCUT2D eigenvalue weighted by Gasteiger charge is 2.11. The van der Waals surface area contributed by atoms with Crippen molar-refractivity contribution in [2.75, 3.05) is 20.0 Å². The second-order valence-electron chi connectivity index (χ2n) is 3.43. The Balaban J connectivity index is 2.89. The molecule has 0 fully saturated rings. The highest BCUT2D eigenvalue weighted by molar-refractivity contribution is 5.93. The molecule has 1 aromatic heterocycles. The Morgan fingerprint density at radius 3 is 2.59 bits per heavy atom. The number of hydrogen-bond acceptors (Lipinski definition) is 5. The van der Waals surface area contributed by atoms with Crippen LogP contribution in [0.2, 0.25) is 0 Å². The standard InChI is InChI=1S/C12H11N3O2/c1-16-8-4-9-12(10(5-8)17-2)7(6-13)3-11(14)15-9/h3-5H,1-2H3,(H2,14,15). The number of nitrogen functional groups attached to an aromatic ring is 1. The van der Waals surface area contributed by atoms with Crippen molar-refractivity contribution in [3.63, 3.8) is 0 Å². The Morgan fingerprint density at radius 2 is 2.00 bits per heavy atom. The van der Waals surface area contributed by atoms with Crippen molar-refractivity contribution in [2.45, 2.75) is 0 Å². The first kappa shape index (κ1) is 11.0. The molecule has 0 unspecified atom stereocenters. The quantitative estimate of drug-likeness (QED) is 0.847. The van der Waals surface area contributed by atoms with Gasteiger partial charge in [0.2, 0.25) is 0 Å². The van der Waals surface area contributed by atoms with Crippen LogP contribution in [0.5, 0.6) is 11.5 Å². The van der Waals surface area contributed by atoms with Gasteiger partial charge in [0.15, 0.2) is 0 Å². The van der Waals surface area contributed by atoms with Crippen LogP contribution in [0.3, 0.4) is 0 Å². The van der Waals surface area contributed by atoms with Crippen LogP contribution in [-0.2, 0) is 0 Å². The van der Waals surface area contributed by atoms with Gasteiger partial charge in [0, 0.05) is 12.1 Å². The number of methoxy groups -OCH3 is 2. The van der Waals surface area contributed by atoms with Crippen molar-refractivity contribution in [2.24, 2.45) is 0 Å². The molecule has 2 rings (SSSR count). The van der Waals surface area contributed by atoms with E-state index in [0.717, 1.165) is 0 Å². The van der Waals surface area contributed by atoms with Crippen LogP contribution in [0.15, 0.2) is 18.2 Å². The van der Waals surface area contributed by atoms with E-state index in [1.54, 1.807) is 19.2 Å². The summed E-state index contributed by atoms with van der Waals surface area (Å²) in [6.07, 6.45) is 0. The van der Waals surface area contributed by atoms with Crippen molar-refractivity contribution >= 4 is 16.7 Å². The molecule has 86 valence electrons. The Bertz CT molecular complexity index is 617. The third-order valence-corrected chi connectivity index (χ3v) is 2.44. The van der Waals surface area contributed by atoms with E-state index < -0.39 is 0 Å². The van der Waals surface area contributed by atoms with Gasteiger partial charge in [-0.25, -0.2) is 4.98 Å². The Kier molecular flexibility index (Phi) is 2.71. The summed E-state index contributed by atoms with van der Waals surface area (Å²) in [5.74, 6) is 1.45. The third-order valence-electron chi connectivity index (χ3n) is 2.44. The Labute approximate surface area is 98.4 Å². The minimum atomic E-state index is 0.296. The van der Waals surface area contributed by atoms with Crippen LogP contribution in [0.25, 0.3) is 10.9 Å². The molecule has 2 N–H and O–H groups in total. The fourth-order valence-corrected chi connectivity index (χ4v) is 1.69. The van der Waals surface area contributed by atoms with Gasteiger partial charge >= 0.3 is 0 Å². The maximum absolute atomic E-state index is 9.09. The number of fused-ring (bicyclic) bond motifs is 1. The molecule has 0 spiro atoms. The van der Waals surface area contributed by atoms with Gasteiger partial charge in [-0.05, 0) is 6.07 Å². The molecule has 0 aliphatic heterocycles. The number of nitrogens with two attached hydrogens (primary N) is 1. The minimum absolute atomic E-state index is 0.296. The number of aromatic nitrogens is 1. The molecule has 0 radical (unpaired) electrons. The fourth-order valence-electron chi connectivity index (χ4n) is 1.69. The predicted octanol–water partition coefficient (Wildman–Crippen LogP) is 1.71. The summed E-state index contributed by atoms with van der Waals surface area (Å²) in [5.41, 5.74) is 6.66. The maximum Gasteiger partial charge on any atom is 0.133 e. The lowest BCUT2D eigenvalue weighted by atomic mass is 10.1. The van der Waals surface area contributed by atoms with Gasteiger partial charge in [-0.1, -0.05) is 0 Å². The first-order valence-corrected chi connectivity index (χ1v) is 4.92. The van der Waals surface area contributed by atoms with E-state index in [9.17, 15) is 0 Å². The molecule has 5 heteroatoms. The second kappa shape index (κ2) is 4.18. The molecule has 0 aliphatic carbocycles. The largest absolute Gasteiger partial charge is 0.497 e. The van der Waals surface area contributed by atoms with E-state index in [2.05, 4.69) is 11.1 Å². The molecular formula is C12H11N3O2. The number of anilines is 1. The SMILES string of the molecule is COc1cc(OC)c2c(C#N)cc(N)nc2c1. The lowest BCUT2D eigenvalue weighted by Crippen LogP contribution is -1.96. The summed E-state index contributed by atoms with van der Waals surface area (Å²) >= 11 is 0. The van der Waals surface area contributed by atoms with E-state index in [1.807, 2.05) is 0 Å². The number of ether oxygens (including phenoxy) is 2. The zero-order valence-corrected chi connectivity index (χ0v) is 9.52. The van der Waals surface area contributed by atoms with Gasteiger partial charge < -0.3 is 15.2 Å². The Hall–Kier alpha value is -2.48. The molecule has 0 atom stereocenters. The highest BCUT2D eigenvalue weighted by atomic mass is 16.5. The zero-order chi connectivity index (χ0) is 12.4. The lowest BCUT2D eigenvalue weighted by Gasteiger charge is -2.09. The van der Waals surface area contributed by atoms with Crippen LogP contribution in [-0.4, -0.2) is 19.2 Å². The number of nitriles is 1. The second-order valence-corrected chi connectivity index (χ2v) is 3.43. The maximum atomic E-state index is 9.09. The van der Waals surface area contributed by atoms with Gasteiger partial charge in [-0.2, -0.15) is 5.26 Å². The minimum Gasteiger partial charge on any atom is -0.497 e. The molecule has 0 saturated carbocycles. The van der Waals surface area contributed by atoms with Gasteiger partial charge in [0.25, 0.3) is 0 Å². The topological polar surface area (TPSA) is 81.2 Å². The zero-order valence-electron chi connectivity index (χ0n) is 9.52. The van der Waals surface area contributed by atoms with Crippen molar-refractivity contribution in [1.82, 2.24) is 4.98 Å². The molecule has 0 saturated heterocycles. The van der Waals surface area contributed by atoms with E-state index >= 15 is 0 Å². The smallest absolute Gasteiger partial charge is 0.133 e. The van der Waals surface area contributed by atoms with Crippen molar-refractivity contribution in [3.05, 3.63) is 23.8 Å². The van der Waals surface area contributed by atoms with Crippen molar-refractivity contribution in [3.8, 4) is 17.6 Å². The predicted molar refractivity (Wildman–Crippen MR) is 64.0 cm³/mol. The van der Waals surface area contributed by atoms with Crippen LogP contribution >= 0.6 is 0 Å². The van der Waals surface area contributed by atoms with Crippen LogP contribution in [0.1, 0.15) is 5.56 Å². The van der Waals surface area contributed by atoms with E-state index in [4.69, 9.17) is 20.5 Å². The molecule has 2 aromatic rings. The van der Waals surface area contributed by atoms with Gasteiger partial charge in [0.05, 0.1) is 30.7 Å². The molecular weight excluding hydrogens is 218 g/mol. The van der Waals surface area contributed by atoms with Gasteiger partial charge in [0.1, 0.15) is 23.4 Å². The Morgan fingerprint density at radius 1 is 1.24 bits per heavy atom. The number of benzene rings is 1. The number of nitrogens with zero attached hydrogens (tertiary/aromatic N) is 2. The average molecular weight is 229 g/mol. The monoisotopic (exact) mass is 229 g/mol. The summed E-state index contributed by atoms with van der Waals surface area (Å²) in [6, 6.07) is 7.03. The summed E-state index contributed by atoms with van der Waals surface area (Å²) in [5, 5.41) is 9.73. The molecule has 1 heterocycles. The number of pyridine rings is 1. The normalized spacial score (nSPS) is 9.94. The van der Waals surface area contributed by atoms with Crippen LogP contribution in [0.4, 0.5) is 5.82 Å². The van der Waals surface area contributed by atoms with Gasteiger partial charge in [-0.15, -0.1) is 0 Å². The number of hydrogen-bond donors (Lipinski definition) is 1. The van der Waals surface area contributed by atoms with E-state index in [1.165, 1.54) is 13.2 Å². The lowest BCUT2D eigenvalue weighted by molar-refractivity contribution is 0.398. The molecule has 1 aromatic carbocycles. The van der Waals surface area contributed by atoms with Gasteiger partial charge in [-0.3, -0.25) is 0 Å². The molecule has 0 aliphatic rings. The molecule has 0 bridgehead atoms. The summed E-state index contributed by atoms with van der Waals surface area (Å²) in [6.45, 7) is 0. The van der Waals surface area contributed by atoms with Crippen molar-refractivity contribution in [1.29, 1.82) is 5.26 Å². The fraction of sp³-hybridized carbons (Fsp3) is 0.167. The van der Waals surface area contributed by atoms with E-state index in [-0.39, 0.29) is 0 Å². The summed E-state index contributed by atoms with van der Waals surface area (Å²) in [7, 11) is 3.09. The first-order valence-electron chi connectivity index (χ1n) is 4.92.